The molecule has 0 bridgehead atoms. The number of hydrogen-bond donors (Lipinski definition) is 2. The summed E-state index contributed by atoms with van der Waals surface area (Å²) in [6, 6.07) is 11.2. The van der Waals surface area contributed by atoms with Crippen molar-refractivity contribution >= 4 is 57.8 Å². The molecule has 2 amide bonds. The Balaban J connectivity index is 1.69. The third kappa shape index (κ3) is 14.2. The number of halogens is 2. The fraction of sp³-hybridized carbons (Fsp3) is 0.477. The minimum absolute atomic E-state index is 0.168. The maximum Gasteiger partial charge on any atom is 0.308 e. The van der Waals surface area contributed by atoms with Gasteiger partial charge in [0.2, 0.25) is 11.8 Å². The number of esters is 2. The summed E-state index contributed by atoms with van der Waals surface area (Å²) in [5.74, 6) is -11.2. The number of ketones is 4. The predicted octanol–water partition coefficient (Wildman–Crippen LogP) is 5.07. The normalized spacial score (nSPS) is 13.8. The summed E-state index contributed by atoms with van der Waals surface area (Å²) in [5, 5.41) is 6.01. The lowest BCUT2D eigenvalue weighted by molar-refractivity contribution is -0.145. The standard InChI is InChI=1S/C44H53F2N3O11/c1-24(2)29(43(56)47-26(5)37(50)17-28(18-41(54)58-6)40(53)23-60-22-31-32(45)12-10-13-33(31)46)20-39(52)36(21-42(55)59-7)49-44(57)30(25(3)4)19-38(51)35-16-15-27-11-8-9-14-34(27)48-35/h8-16,24-26,28-30,36H,17-23H2,1-7H3,(H,47,56)(H,49,57)/t26-,28-,29-,30-,36-/m0/s1. The van der Waals surface area contributed by atoms with E-state index < -0.39 is 139 Å². The topological polar surface area (TPSA) is 201 Å². The van der Waals surface area contributed by atoms with Gasteiger partial charge in [0.1, 0.15) is 23.9 Å². The van der Waals surface area contributed by atoms with Crippen LogP contribution in [0.1, 0.15) is 82.8 Å². The molecule has 16 heteroatoms. The molecule has 5 atom stereocenters. The van der Waals surface area contributed by atoms with E-state index in [0.29, 0.717) is 5.52 Å². The number of ether oxygens (including phenoxy) is 3. The number of nitrogens with zero attached hydrogens (tertiary/aromatic N) is 1. The largest absolute Gasteiger partial charge is 0.469 e. The van der Waals surface area contributed by atoms with Crippen molar-refractivity contribution in [2.45, 2.75) is 85.4 Å². The molecule has 2 aromatic carbocycles. The molecular weight excluding hydrogens is 784 g/mol. The lowest BCUT2D eigenvalue weighted by atomic mass is 9.86. The summed E-state index contributed by atoms with van der Waals surface area (Å²) >= 11 is 0. The van der Waals surface area contributed by atoms with Crippen LogP contribution in [0.4, 0.5) is 8.78 Å². The highest BCUT2D eigenvalue weighted by atomic mass is 19.1. The first kappa shape index (κ1) is 48.6. The number of Topliss-reactive ketones (excluding diaryl/α,β-unsaturated/α-hetero) is 4. The van der Waals surface area contributed by atoms with E-state index in [1.54, 1.807) is 52.0 Å². The molecule has 0 aliphatic rings. The maximum atomic E-state index is 14.0. The van der Waals surface area contributed by atoms with E-state index in [0.717, 1.165) is 31.7 Å². The molecule has 0 saturated carbocycles. The second kappa shape index (κ2) is 23.1. The Morgan fingerprint density at radius 3 is 1.83 bits per heavy atom. The molecule has 0 radical (unpaired) electrons. The van der Waals surface area contributed by atoms with Crippen molar-refractivity contribution in [1.82, 2.24) is 15.6 Å². The number of hydrogen-bond acceptors (Lipinski definition) is 12. The molecule has 60 heavy (non-hydrogen) atoms. The molecule has 14 nitrogen and oxygen atoms in total. The minimum Gasteiger partial charge on any atom is -0.469 e. The van der Waals surface area contributed by atoms with Crippen molar-refractivity contribution in [3.8, 4) is 0 Å². The first-order valence-corrected chi connectivity index (χ1v) is 19.6. The van der Waals surface area contributed by atoms with Gasteiger partial charge in [0.05, 0.1) is 51.3 Å². The molecule has 2 N–H and O–H groups in total. The van der Waals surface area contributed by atoms with Crippen LogP contribution in [0.15, 0.2) is 54.6 Å². The zero-order valence-electron chi connectivity index (χ0n) is 34.9. The number of amides is 2. The van der Waals surface area contributed by atoms with Gasteiger partial charge in [0.25, 0.3) is 0 Å². The van der Waals surface area contributed by atoms with Crippen molar-refractivity contribution in [2.24, 2.45) is 29.6 Å². The minimum atomic E-state index is -1.42. The molecule has 0 saturated heterocycles. The second-order valence-corrected chi connectivity index (χ2v) is 15.3. The van der Waals surface area contributed by atoms with E-state index in [4.69, 9.17) is 9.47 Å². The number of aromatic nitrogens is 1. The smallest absolute Gasteiger partial charge is 0.308 e. The number of benzene rings is 2. The number of rotatable bonds is 24. The molecule has 3 rings (SSSR count). The van der Waals surface area contributed by atoms with Crippen molar-refractivity contribution in [3.63, 3.8) is 0 Å². The Kier molecular flexibility index (Phi) is 18.7. The number of fused-ring (bicyclic) bond motifs is 1. The third-order valence-electron chi connectivity index (χ3n) is 10.2. The van der Waals surface area contributed by atoms with Crippen molar-refractivity contribution in [3.05, 3.63) is 77.5 Å². The highest BCUT2D eigenvalue weighted by Gasteiger charge is 2.35. The number of carbonyl (C=O) groups is 8. The Morgan fingerprint density at radius 1 is 0.633 bits per heavy atom. The Labute approximate surface area is 347 Å². The van der Waals surface area contributed by atoms with Gasteiger partial charge in [-0.2, -0.15) is 0 Å². The summed E-state index contributed by atoms with van der Waals surface area (Å²) in [6.07, 6.45) is -2.28. The first-order valence-electron chi connectivity index (χ1n) is 19.6. The van der Waals surface area contributed by atoms with Gasteiger partial charge in [-0.05, 0) is 43.0 Å². The van der Waals surface area contributed by atoms with Crippen LogP contribution >= 0.6 is 0 Å². The predicted molar refractivity (Wildman–Crippen MR) is 214 cm³/mol. The van der Waals surface area contributed by atoms with Crippen LogP contribution in [-0.2, 0) is 54.4 Å². The monoisotopic (exact) mass is 837 g/mol. The van der Waals surface area contributed by atoms with Crippen molar-refractivity contribution < 1.29 is 61.3 Å². The molecule has 0 aliphatic heterocycles. The van der Waals surface area contributed by atoms with Gasteiger partial charge in [0, 0.05) is 48.0 Å². The summed E-state index contributed by atoms with van der Waals surface area (Å²) in [4.78, 5) is 110. The van der Waals surface area contributed by atoms with Gasteiger partial charge in [-0.15, -0.1) is 0 Å². The molecule has 0 fully saturated rings. The molecule has 3 aromatic rings. The van der Waals surface area contributed by atoms with Gasteiger partial charge >= 0.3 is 11.9 Å². The SMILES string of the molecule is COC(=O)C[C@H](CC(=O)[C@H](C)NC(=O)[C@@H](CC(=O)[C@H](CC(=O)OC)NC(=O)[C@@H](CC(=O)c1ccc2ccccc2n1)C(C)C)C(C)C)C(=O)COCc1c(F)cccc1F. The van der Waals surface area contributed by atoms with Gasteiger partial charge in [0.15, 0.2) is 23.1 Å². The number of methoxy groups -OCH3 is 2. The third-order valence-corrected chi connectivity index (χ3v) is 10.2. The highest BCUT2D eigenvalue weighted by Crippen LogP contribution is 2.23. The second-order valence-electron chi connectivity index (χ2n) is 15.3. The van der Waals surface area contributed by atoms with Crippen LogP contribution in [0.25, 0.3) is 10.9 Å². The molecule has 0 unspecified atom stereocenters. The van der Waals surface area contributed by atoms with Crippen molar-refractivity contribution in [2.75, 3.05) is 20.8 Å². The van der Waals surface area contributed by atoms with Gasteiger partial charge in [-0.25, -0.2) is 13.8 Å². The number of nitrogens with one attached hydrogen (secondary N) is 2. The quantitative estimate of drug-likeness (QED) is 0.0899. The molecule has 1 aromatic heterocycles. The summed E-state index contributed by atoms with van der Waals surface area (Å²) in [5.41, 5.74) is 0.376. The van der Waals surface area contributed by atoms with Crippen molar-refractivity contribution in [1.29, 1.82) is 0 Å². The fourth-order valence-electron chi connectivity index (χ4n) is 6.37. The summed E-state index contributed by atoms with van der Waals surface area (Å²) < 4.78 is 42.7. The zero-order chi connectivity index (χ0) is 44.7. The highest BCUT2D eigenvalue weighted by molar-refractivity contribution is 6.00. The van der Waals surface area contributed by atoms with Crippen LogP contribution in [0.3, 0.4) is 0 Å². The van der Waals surface area contributed by atoms with E-state index in [9.17, 15) is 47.1 Å². The van der Waals surface area contributed by atoms with Crippen LogP contribution in [-0.4, -0.2) is 84.8 Å². The molecule has 0 aliphatic carbocycles. The number of para-hydroxylation sites is 1. The molecular formula is C44H53F2N3O11. The van der Waals surface area contributed by atoms with E-state index >= 15 is 0 Å². The van der Waals surface area contributed by atoms with Gasteiger partial charge in [-0.3, -0.25) is 38.4 Å². The summed E-state index contributed by atoms with van der Waals surface area (Å²) in [7, 11) is 2.21. The average Bonchev–Trinajstić information content (AvgIpc) is 3.21. The summed E-state index contributed by atoms with van der Waals surface area (Å²) in [6.45, 7) is 6.90. The molecule has 324 valence electrons. The zero-order valence-corrected chi connectivity index (χ0v) is 34.9. The Bertz CT molecular complexity index is 2030. The van der Waals surface area contributed by atoms with E-state index in [1.807, 2.05) is 12.1 Å². The van der Waals surface area contributed by atoms with E-state index in [2.05, 4.69) is 20.4 Å². The molecule has 1 heterocycles. The Hall–Kier alpha value is -5.77. The number of carbonyl (C=O) groups excluding carboxylic acids is 8. The van der Waals surface area contributed by atoms with E-state index in [1.165, 1.54) is 13.0 Å². The van der Waals surface area contributed by atoms with Crippen LogP contribution in [0.2, 0.25) is 0 Å². The van der Waals surface area contributed by atoms with Crippen LogP contribution in [0.5, 0.6) is 0 Å². The van der Waals surface area contributed by atoms with E-state index in [-0.39, 0.29) is 18.0 Å². The lowest BCUT2D eigenvalue weighted by Crippen LogP contribution is -2.49. The Morgan fingerprint density at radius 2 is 1.22 bits per heavy atom. The van der Waals surface area contributed by atoms with Crippen LogP contribution < -0.4 is 10.6 Å². The van der Waals surface area contributed by atoms with Gasteiger partial charge < -0.3 is 24.8 Å². The maximum absolute atomic E-state index is 14.0. The number of pyridine rings is 1. The first-order chi connectivity index (χ1) is 28.4. The molecule has 0 spiro atoms. The van der Waals surface area contributed by atoms with Crippen LogP contribution in [0, 0.1) is 41.2 Å². The van der Waals surface area contributed by atoms with Gasteiger partial charge in [-0.1, -0.05) is 58.0 Å². The fourth-order valence-corrected chi connectivity index (χ4v) is 6.37. The average molecular weight is 838 g/mol. The lowest BCUT2D eigenvalue weighted by Gasteiger charge is -2.26.